The third-order valence-electron chi connectivity index (χ3n) is 5.96. The molecule has 1 aromatic heterocycles. The summed E-state index contributed by atoms with van der Waals surface area (Å²) in [5.41, 5.74) is 0.243. The summed E-state index contributed by atoms with van der Waals surface area (Å²) in [6, 6.07) is 4.22. The minimum absolute atomic E-state index is 0.00688. The summed E-state index contributed by atoms with van der Waals surface area (Å²) < 4.78 is 14.0. The zero-order valence-electron chi connectivity index (χ0n) is 17.1. The molecule has 0 radical (unpaired) electrons. The van der Waals surface area contributed by atoms with Crippen LogP contribution in [0.1, 0.15) is 64.8 Å². The minimum atomic E-state index is -0.736. The Morgan fingerprint density at radius 2 is 2.13 bits per heavy atom. The number of anilines is 1. The van der Waals surface area contributed by atoms with E-state index in [4.69, 9.17) is 11.6 Å². The van der Waals surface area contributed by atoms with Crippen LogP contribution in [0.4, 0.5) is 9.52 Å². The number of amides is 2. The van der Waals surface area contributed by atoms with Crippen molar-refractivity contribution in [2.75, 3.05) is 11.9 Å². The quantitative estimate of drug-likeness (QED) is 0.711. The predicted octanol–water partition coefficient (Wildman–Crippen LogP) is 4.72. The number of rotatable bonds is 4. The Morgan fingerprint density at radius 3 is 2.87 bits per heavy atom. The van der Waals surface area contributed by atoms with Gasteiger partial charge in [0, 0.05) is 25.4 Å². The fraction of sp³-hybridized carbons (Fsp3) is 0.455. The van der Waals surface area contributed by atoms with Crippen molar-refractivity contribution >= 4 is 45.7 Å². The Bertz CT molecular complexity index is 1020. The van der Waals surface area contributed by atoms with Gasteiger partial charge in [-0.15, -0.1) is 0 Å². The molecule has 31 heavy (non-hydrogen) atoms. The number of carbonyl (C=O) groups is 3. The van der Waals surface area contributed by atoms with Crippen LogP contribution in [-0.4, -0.2) is 40.1 Å². The largest absolute Gasteiger partial charge is 0.339 e. The maximum Gasteiger partial charge on any atom is 0.261 e. The van der Waals surface area contributed by atoms with Gasteiger partial charge in [0.15, 0.2) is 10.9 Å². The van der Waals surface area contributed by atoms with Gasteiger partial charge in [0.25, 0.3) is 5.91 Å². The highest BCUT2D eigenvalue weighted by Gasteiger charge is 2.37. The normalized spacial score (nSPS) is 21.0. The van der Waals surface area contributed by atoms with Crippen LogP contribution in [-0.2, 0) is 11.2 Å². The number of hydrogen-bond donors (Lipinski definition) is 1. The third kappa shape index (κ3) is 4.36. The van der Waals surface area contributed by atoms with Crippen LogP contribution in [0.3, 0.4) is 0 Å². The summed E-state index contributed by atoms with van der Waals surface area (Å²) in [5.74, 6) is -2.03. The van der Waals surface area contributed by atoms with Gasteiger partial charge in [-0.25, -0.2) is 9.37 Å². The molecule has 1 fully saturated rings. The number of hydrogen-bond acceptors (Lipinski definition) is 5. The minimum Gasteiger partial charge on any atom is -0.339 e. The van der Waals surface area contributed by atoms with E-state index < -0.39 is 17.6 Å². The number of Topliss-reactive ketones (excluding diaryl/α,β-unsaturated/α-hetero) is 1. The Labute approximate surface area is 188 Å². The number of thiazole rings is 1. The van der Waals surface area contributed by atoms with Gasteiger partial charge in [-0.3, -0.25) is 19.7 Å². The maximum atomic E-state index is 14.0. The fourth-order valence-electron chi connectivity index (χ4n) is 4.38. The molecule has 1 aromatic carbocycles. The monoisotopic (exact) mass is 463 g/mol. The van der Waals surface area contributed by atoms with Crippen LogP contribution in [0, 0.1) is 11.7 Å². The summed E-state index contributed by atoms with van der Waals surface area (Å²) in [6.07, 6.45) is 4.52. The summed E-state index contributed by atoms with van der Waals surface area (Å²) >= 11 is 7.00. The molecule has 164 valence electrons. The number of fused-ring (bicyclic) bond motifs is 1. The average Bonchev–Trinajstić information content (AvgIpc) is 3.16. The molecule has 2 amide bonds. The molecule has 1 aliphatic heterocycles. The Hall–Kier alpha value is -2.32. The SMILES string of the molecule is CC[C@@H]1CCCCN1C(=O)[C@H]1CC(=O)c2sc(NC(=O)c3c(F)cccc3Cl)nc2C1. The van der Waals surface area contributed by atoms with Crippen molar-refractivity contribution in [2.45, 2.75) is 51.5 Å². The van der Waals surface area contributed by atoms with E-state index in [0.717, 1.165) is 49.6 Å². The van der Waals surface area contributed by atoms with E-state index in [2.05, 4.69) is 17.2 Å². The van der Waals surface area contributed by atoms with Crippen LogP contribution >= 0.6 is 22.9 Å². The molecule has 1 aliphatic carbocycles. The highest BCUT2D eigenvalue weighted by Crippen LogP contribution is 2.34. The second kappa shape index (κ2) is 9.04. The second-order valence-electron chi connectivity index (χ2n) is 7.96. The molecule has 2 aliphatic rings. The maximum absolute atomic E-state index is 14.0. The summed E-state index contributed by atoms with van der Waals surface area (Å²) in [5, 5.41) is 2.73. The molecule has 1 N–H and O–H groups in total. The molecule has 2 aromatic rings. The number of nitrogens with one attached hydrogen (secondary N) is 1. The molecule has 9 heteroatoms. The number of likely N-dealkylation sites (tertiary alicyclic amines) is 1. The fourth-order valence-corrected chi connectivity index (χ4v) is 5.57. The van der Waals surface area contributed by atoms with Crippen molar-refractivity contribution in [1.29, 1.82) is 0 Å². The van der Waals surface area contributed by atoms with Gasteiger partial charge in [-0.05, 0) is 37.8 Å². The van der Waals surface area contributed by atoms with Gasteiger partial charge in [0.2, 0.25) is 5.91 Å². The number of carbonyl (C=O) groups excluding carboxylic acids is 3. The van der Waals surface area contributed by atoms with E-state index in [-0.39, 0.29) is 39.9 Å². The van der Waals surface area contributed by atoms with Crippen LogP contribution in [0.25, 0.3) is 0 Å². The Morgan fingerprint density at radius 1 is 1.32 bits per heavy atom. The number of nitrogens with zero attached hydrogens (tertiary/aromatic N) is 2. The molecule has 2 atom stereocenters. The van der Waals surface area contributed by atoms with Gasteiger partial charge < -0.3 is 4.90 Å². The number of aromatic nitrogens is 1. The number of piperidine rings is 1. The highest BCUT2D eigenvalue weighted by atomic mass is 35.5. The zero-order valence-corrected chi connectivity index (χ0v) is 18.7. The molecule has 0 unspecified atom stereocenters. The van der Waals surface area contributed by atoms with Crippen molar-refractivity contribution in [2.24, 2.45) is 5.92 Å². The van der Waals surface area contributed by atoms with Crippen molar-refractivity contribution < 1.29 is 18.8 Å². The number of halogens is 2. The molecule has 0 spiro atoms. The summed E-state index contributed by atoms with van der Waals surface area (Å²) in [6.45, 7) is 2.81. The smallest absolute Gasteiger partial charge is 0.261 e. The molecule has 2 heterocycles. The van der Waals surface area contributed by atoms with Crippen LogP contribution in [0.2, 0.25) is 5.02 Å². The first-order valence-corrected chi connectivity index (χ1v) is 11.7. The van der Waals surface area contributed by atoms with Gasteiger partial charge in [-0.1, -0.05) is 35.9 Å². The standard InChI is InChI=1S/C22H23ClFN3O3S/c1-2-13-6-3-4-9-27(13)21(30)12-10-16-19(17(28)11-12)31-22(25-16)26-20(29)18-14(23)7-5-8-15(18)24/h5,7-8,12-13H,2-4,6,9-11H2,1H3,(H,25,26,29)/t12-,13-/m1/s1. The Kier molecular flexibility index (Phi) is 6.39. The van der Waals surface area contributed by atoms with Crippen LogP contribution in [0.5, 0.6) is 0 Å². The average molecular weight is 464 g/mol. The number of benzene rings is 1. The molecular weight excluding hydrogens is 441 g/mol. The van der Waals surface area contributed by atoms with E-state index in [1.54, 1.807) is 0 Å². The van der Waals surface area contributed by atoms with Crippen molar-refractivity contribution in [3.63, 3.8) is 0 Å². The molecule has 4 rings (SSSR count). The lowest BCUT2D eigenvalue weighted by atomic mass is 9.87. The predicted molar refractivity (Wildman–Crippen MR) is 117 cm³/mol. The van der Waals surface area contributed by atoms with E-state index in [1.807, 2.05) is 4.90 Å². The summed E-state index contributed by atoms with van der Waals surface area (Å²) in [7, 11) is 0. The highest BCUT2D eigenvalue weighted by molar-refractivity contribution is 7.17. The van der Waals surface area contributed by atoms with E-state index in [9.17, 15) is 18.8 Å². The van der Waals surface area contributed by atoms with Gasteiger partial charge in [0.1, 0.15) is 5.82 Å². The van der Waals surface area contributed by atoms with E-state index in [0.29, 0.717) is 17.0 Å². The van der Waals surface area contributed by atoms with Crippen LogP contribution in [0.15, 0.2) is 18.2 Å². The summed E-state index contributed by atoms with van der Waals surface area (Å²) in [4.78, 5) is 45.1. The molecule has 6 nitrogen and oxygen atoms in total. The van der Waals surface area contributed by atoms with E-state index >= 15 is 0 Å². The lowest BCUT2D eigenvalue weighted by Gasteiger charge is -2.38. The second-order valence-corrected chi connectivity index (χ2v) is 9.37. The van der Waals surface area contributed by atoms with Crippen molar-refractivity contribution in [1.82, 2.24) is 9.88 Å². The van der Waals surface area contributed by atoms with E-state index in [1.165, 1.54) is 12.1 Å². The van der Waals surface area contributed by atoms with Gasteiger partial charge in [0.05, 0.1) is 27.1 Å². The molecule has 0 saturated carbocycles. The lowest BCUT2D eigenvalue weighted by molar-refractivity contribution is -0.139. The first-order chi connectivity index (χ1) is 14.9. The van der Waals surface area contributed by atoms with Gasteiger partial charge in [-0.2, -0.15) is 0 Å². The third-order valence-corrected chi connectivity index (χ3v) is 7.33. The lowest BCUT2D eigenvalue weighted by Crippen LogP contribution is -2.47. The topological polar surface area (TPSA) is 79.4 Å². The van der Waals surface area contributed by atoms with Crippen molar-refractivity contribution in [3.05, 3.63) is 45.2 Å². The van der Waals surface area contributed by atoms with Crippen LogP contribution < -0.4 is 5.32 Å². The molecular formula is C22H23ClFN3O3S. The molecule has 1 saturated heterocycles. The first-order valence-electron chi connectivity index (χ1n) is 10.5. The van der Waals surface area contributed by atoms with Gasteiger partial charge >= 0.3 is 0 Å². The molecule has 0 bridgehead atoms. The first kappa shape index (κ1) is 21.9. The Balaban J connectivity index is 1.51. The van der Waals surface area contributed by atoms with Crippen molar-refractivity contribution in [3.8, 4) is 0 Å². The number of ketones is 1. The zero-order chi connectivity index (χ0) is 22.1.